The lowest BCUT2D eigenvalue weighted by atomic mass is 10.2. The summed E-state index contributed by atoms with van der Waals surface area (Å²) in [5.74, 6) is 1.35. The van der Waals surface area contributed by atoms with E-state index in [1.807, 2.05) is 61.5 Å². The third-order valence-electron chi connectivity index (χ3n) is 4.09. The van der Waals surface area contributed by atoms with E-state index in [2.05, 4.69) is 15.2 Å². The predicted octanol–water partition coefficient (Wildman–Crippen LogP) is 3.11. The average molecular weight is 398 g/mol. The number of ether oxygens (including phenoxy) is 1. The van der Waals surface area contributed by atoms with E-state index >= 15 is 0 Å². The Balaban J connectivity index is 1.50. The SMILES string of the molecule is CCN(Cc1ccc(OCc2ccccc2)cc1)C(=O)CSc1n[nH]c(N)n1. The van der Waals surface area contributed by atoms with Crippen molar-refractivity contribution in [2.24, 2.45) is 0 Å². The molecule has 0 unspecified atom stereocenters. The number of aromatic amines is 1. The second kappa shape index (κ2) is 9.80. The first kappa shape index (κ1) is 19.8. The number of aromatic nitrogens is 3. The van der Waals surface area contributed by atoms with Gasteiger partial charge in [-0.05, 0) is 30.2 Å². The molecule has 0 radical (unpaired) electrons. The zero-order valence-electron chi connectivity index (χ0n) is 15.7. The molecule has 0 atom stereocenters. The minimum absolute atomic E-state index is 0.0280. The van der Waals surface area contributed by atoms with Crippen LogP contribution in [-0.4, -0.2) is 38.3 Å². The fraction of sp³-hybridized carbons (Fsp3) is 0.250. The number of nitrogens with one attached hydrogen (secondary N) is 1. The topological polar surface area (TPSA) is 97.1 Å². The summed E-state index contributed by atoms with van der Waals surface area (Å²) in [7, 11) is 0. The first-order chi connectivity index (χ1) is 13.6. The lowest BCUT2D eigenvalue weighted by Gasteiger charge is -2.20. The number of hydrogen-bond donors (Lipinski definition) is 2. The first-order valence-corrected chi connectivity index (χ1v) is 9.96. The van der Waals surface area contributed by atoms with E-state index in [-0.39, 0.29) is 17.6 Å². The maximum Gasteiger partial charge on any atom is 0.233 e. The molecule has 0 fully saturated rings. The van der Waals surface area contributed by atoms with Crippen LogP contribution in [0, 0.1) is 0 Å². The van der Waals surface area contributed by atoms with E-state index in [0.29, 0.717) is 24.9 Å². The monoisotopic (exact) mass is 397 g/mol. The predicted molar refractivity (Wildman–Crippen MR) is 110 cm³/mol. The molecule has 146 valence electrons. The van der Waals surface area contributed by atoms with Crippen molar-refractivity contribution in [1.82, 2.24) is 20.1 Å². The number of benzene rings is 2. The van der Waals surface area contributed by atoms with Gasteiger partial charge in [-0.2, -0.15) is 4.98 Å². The number of hydrogen-bond acceptors (Lipinski definition) is 6. The summed E-state index contributed by atoms with van der Waals surface area (Å²) in [6.45, 7) is 3.67. The number of rotatable bonds is 9. The fourth-order valence-electron chi connectivity index (χ4n) is 2.57. The Labute approximate surface area is 168 Å². The number of nitrogens with zero attached hydrogens (tertiary/aromatic N) is 3. The molecule has 0 aliphatic carbocycles. The van der Waals surface area contributed by atoms with E-state index in [1.54, 1.807) is 4.90 Å². The van der Waals surface area contributed by atoms with Gasteiger partial charge in [-0.3, -0.25) is 4.79 Å². The van der Waals surface area contributed by atoms with Crippen LogP contribution in [0.4, 0.5) is 5.95 Å². The molecule has 0 aliphatic rings. The van der Waals surface area contributed by atoms with Gasteiger partial charge in [0.05, 0.1) is 5.75 Å². The van der Waals surface area contributed by atoms with E-state index in [9.17, 15) is 4.79 Å². The van der Waals surface area contributed by atoms with Gasteiger partial charge in [-0.15, -0.1) is 5.10 Å². The average Bonchev–Trinajstić information content (AvgIpc) is 3.15. The normalized spacial score (nSPS) is 10.6. The zero-order valence-corrected chi connectivity index (χ0v) is 16.5. The molecule has 3 N–H and O–H groups in total. The number of carbonyl (C=O) groups is 1. The van der Waals surface area contributed by atoms with Crippen molar-refractivity contribution in [3.8, 4) is 5.75 Å². The summed E-state index contributed by atoms with van der Waals surface area (Å²) >= 11 is 1.27. The number of thioether (sulfide) groups is 1. The lowest BCUT2D eigenvalue weighted by molar-refractivity contribution is -0.128. The zero-order chi connectivity index (χ0) is 19.8. The van der Waals surface area contributed by atoms with Crippen molar-refractivity contribution >= 4 is 23.6 Å². The van der Waals surface area contributed by atoms with E-state index in [1.165, 1.54) is 11.8 Å². The summed E-state index contributed by atoms with van der Waals surface area (Å²) in [6, 6.07) is 17.9. The molecule has 0 spiro atoms. The molecule has 0 saturated carbocycles. The number of amides is 1. The summed E-state index contributed by atoms with van der Waals surface area (Å²) in [5.41, 5.74) is 7.67. The smallest absolute Gasteiger partial charge is 0.233 e. The van der Waals surface area contributed by atoms with Gasteiger partial charge in [0.15, 0.2) is 0 Å². The van der Waals surface area contributed by atoms with Gasteiger partial charge >= 0.3 is 0 Å². The van der Waals surface area contributed by atoms with Crippen molar-refractivity contribution in [2.45, 2.75) is 25.2 Å². The summed E-state index contributed by atoms with van der Waals surface area (Å²) in [4.78, 5) is 18.3. The van der Waals surface area contributed by atoms with Crippen molar-refractivity contribution < 1.29 is 9.53 Å². The van der Waals surface area contributed by atoms with Crippen molar-refractivity contribution in [1.29, 1.82) is 0 Å². The molecule has 1 amide bonds. The van der Waals surface area contributed by atoms with Crippen LogP contribution in [0.2, 0.25) is 0 Å². The third kappa shape index (κ3) is 5.75. The van der Waals surface area contributed by atoms with E-state index in [4.69, 9.17) is 10.5 Å². The van der Waals surface area contributed by atoms with Crippen LogP contribution in [-0.2, 0) is 17.9 Å². The molecule has 1 heterocycles. The molecule has 0 bridgehead atoms. The molecule has 7 nitrogen and oxygen atoms in total. The van der Waals surface area contributed by atoms with Gasteiger partial charge in [-0.1, -0.05) is 54.2 Å². The second-order valence-electron chi connectivity index (χ2n) is 6.12. The van der Waals surface area contributed by atoms with Crippen molar-refractivity contribution in [3.05, 3.63) is 65.7 Å². The Morgan fingerprint density at radius 3 is 2.54 bits per heavy atom. The highest BCUT2D eigenvalue weighted by Crippen LogP contribution is 2.17. The van der Waals surface area contributed by atoms with E-state index in [0.717, 1.165) is 16.9 Å². The van der Waals surface area contributed by atoms with E-state index < -0.39 is 0 Å². The molecule has 3 aromatic rings. The van der Waals surface area contributed by atoms with Crippen LogP contribution in [0.25, 0.3) is 0 Å². The molecular weight excluding hydrogens is 374 g/mol. The Kier molecular flexibility index (Phi) is 6.91. The van der Waals surface area contributed by atoms with Crippen LogP contribution in [0.3, 0.4) is 0 Å². The molecule has 3 rings (SSSR count). The van der Waals surface area contributed by atoms with Gasteiger partial charge in [0, 0.05) is 13.1 Å². The van der Waals surface area contributed by atoms with Gasteiger partial charge < -0.3 is 15.4 Å². The van der Waals surface area contributed by atoms with Crippen molar-refractivity contribution in [2.75, 3.05) is 18.0 Å². The van der Waals surface area contributed by atoms with Gasteiger partial charge in [0.1, 0.15) is 12.4 Å². The van der Waals surface area contributed by atoms with Crippen molar-refractivity contribution in [3.63, 3.8) is 0 Å². The highest BCUT2D eigenvalue weighted by Gasteiger charge is 2.14. The first-order valence-electron chi connectivity index (χ1n) is 8.98. The minimum atomic E-state index is 0.0280. The van der Waals surface area contributed by atoms with Crippen LogP contribution >= 0.6 is 11.8 Å². The maximum absolute atomic E-state index is 12.5. The van der Waals surface area contributed by atoms with Gasteiger partial charge in [0.2, 0.25) is 17.0 Å². The number of carbonyl (C=O) groups excluding carboxylic acids is 1. The highest BCUT2D eigenvalue weighted by molar-refractivity contribution is 7.99. The maximum atomic E-state index is 12.5. The molecule has 2 aromatic carbocycles. The van der Waals surface area contributed by atoms with Crippen LogP contribution in [0.15, 0.2) is 59.8 Å². The Morgan fingerprint density at radius 1 is 1.14 bits per heavy atom. The Morgan fingerprint density at radius 2 is 1.89 bits per heavy atom. The lowest BCUT2D eigenvalue weighted by Crippen LogP contribution is -2.31. The molecule has 0 aliphatic heterocycles. The molecule has 0 saturated heterocycles. The summed E-state index contributed by atoms with van der Waals surface area (Å²) in [5, 5.41) is 6.96. The number of nitrogens with two attached hydrogens (primary N) is 1. The summed E-state index contributed by atoms with van der Waals surface area (Å²) < 4.78 is 5.80. The minimum Gasteiger partial charge on any atom is -0.489 e. The van der Waals surface area contributed by atoms with Crippen LogP contribution < -0.4 is 10.5 Å². The highest BCUT2D eigenvalue weighted by atomic mass is 32.2. The van der Waals surface area contributed by atoms with Crippen LogP contribution in [0.1, 0.15) is 18.1 Å². The molecule has 1 aromatic heterocycles. The van der Waals surface area contributed by atoms with Gasteiger partial charge in [-0.25, -0.2) is 5.10 Å². The van der Waals surface area contributed by atoms with Crippen LogP contribution in [0.5, 0.6) is 5.75 Å². The molecule has 28 heavy (non-hydrogen) atoms. The quantitative estimate of drug-likeness (QED) is 0.539. The molecule has 8 heteroatoms. The Bertz CT molecular complexity index is 883. The Hall–Kier alpha value is -3.00. The number of anilines is 1. The molecular formula is C20H23N5O2S. The number of H-pyrrole nitrogens is 1. The number of nitrogen functional groups attached to an aromatic ring is 1. The standard InChI is InChI=1S/C20H23N5O2S/c1-2-25(18(26)14-28-20-22-19(21)23-24-20)12-15-8-10-17(11-9-15)27-13-16-6-4-3-5-7-16/h3-11H,2,12-14H2,1H3,(H3,21,22,23,24). The largest absolute Gasteiger partial charge is 0.489 e. The third-order valence-corrected chi connectivity index (χ3v) is 4.92. The fourth-order valence-corrected chi connectivity index (χ4v) is 3.28. The summed E-state index contributed by atoms with van der Waals surface area (Å²) in [6.07, 6.45) is 0. The second-order valence-corrected chi connectivity index (χ2v) is 7.06. The van der Waals surface area contributed by atoms with Gasteiger partial charge in [0.25, 0.3) is 0 Å².